The third-order valence-electron chi connectivity index (χ3n) is 3.00. The number of aryl methyl sites for hydroxylation is 1. The molecule has 5 nitrogen and oxygen atoms in total. The van der Waals surface area contributed by atoms with E-state index in [-0.39, 0.29) is 0 Å². The Kier molecular flexibility index (Phi) is 4.76. The van der Waals surface area contributed by atoms with Crippen molar-refractivity contribution in [2.75, 3.05) is 24.8 Å². The summed E-state index contributed by atoms with van der Waals surface area (Å²) in [5.74, 6) is 1.91. The van der Waals surface area contributed by atoms with E-state index in [1.807, 2.05) is 12.1 Å². The molecule has 0 amide bonds. The van der Waals surface area contributed by atoms with Crippen LogP contribution in [0.5, 0.6) is 5.75 Å². The topological polar surface area (TPSA) is 59.1 Å². The Labute approximate surface area is 119 Å². The Balaban J connectivity index is 2.21. The van der Waals surface area contributed by atoms with Gasteiger partial charge in [-0.05, 0) is 24.1 Å². The van der Waals surface area contributed by atoms with Gasteiger partial charge in [-0.2, -0.15) is 0 Å². The van der Waals surface area contributed by atoms with Crippen LogP contribution in [0.4, 0.5) is 17.3 Å². The quantitative estimate of drug-likeness (QED) is 0.845. The van der Waals surface area contributed by atoms with Gasteiger partial charge in [-0.1, -0.05) is 25.5 Å². The number of ether oxygens (including phenoxy) is 1. The third kappa shape index (κ3) is 3.17. The van der Waals surface area contributed by atoms with Crippen molar-refractivity contribution >= 4 is 17.3 Å². The first-order valence-electron chi connectivity index (χ1n) is 6.71. The summed E-state index contributed by atoms with van der Waals surface area (Å²) in [6, 6.07) is 8.34. The second-order valence-electron chi connectivity index (χ2n) is 4.43. The minimum atomic E-state index is 0.604. The molecule has 106 valence electrons. The van der Waals surface area contributed by atoms with Crippen molar-refractivity contribution in [2.45, 2.75) is 19.8 Å². The lowest BCUT2D eigenvalue weighted by Crippen LogP contribution is -2.03. The molecule has 5 heteroatoms. The summed E-state index contributed by atoms with van der Waals surface area (Å²) in [6.07, 6.45) is 3.75. The van der Waals surface area contributed by atoms with E-state index in [1.54, 1.807) is 14.2 Å². The van der Waals surface area contributed by atoms with Crippen molar-refractivity contribution in [1.29, 1.82) is 0 Å². The van der Waals surface area contributed by atoms with Gasteiger partial charge in [-0.15, -0.1) is 0 Å². The molecule has 2 aromatic rings. The minimum absolute atomic E-state index is 0.604. The smallest absolute Gasteiger partial charge is 0.204 e. The molecule has 0 aliphatic heterocycles. The summed E-state index contributed by atoms with van der Waals surface area (Å²) in [5.41, 5.74) is 2.31. The van der Waals surface area contributed by atoms with Gasteiger partial charge in [0.05, 0.1) is 7.11 Å². The van der Waals surface area contributed by atoms with Crippen LogP contribution < -0.4 is 15.4 Å². The predicted molar refractivity (Wildman–Crippen MR) is 81.9 cm³/mol. The molecule has 0 spiro atoms. The normalized spacial score (nSPS) is 10.2. The first kappa shape index (κ1) is 14.1. The van der Waals surface area contributed by atoms with Gasteiger partial charge in [0.1, 0.15) is 6.33 Å². The van der Waals surface area contributed by atoms with Crippen LogP contribution in [0, 0.1) is 0 Å². The van der Waals surface area contributed by atoms with Gasteiger partial charge in [-0.25, -0.2) is 9.97 Å². The van der Waals surface area contributed by atoms with E-state index < -0.39 is 0 Å². The summed E-state index contributed by atoms with van der Waals surface area (Å²) in [6.45, 7) is 2.18. The monoisotopic (exact) mass is 272 g/mol. The molecule has 2 rings (SSSR count). The van der Waals surface area contributed by atoms with Gasteiger partial charge in [0.25, 0.3) is 0 Å². The lowest BCUT2D eigenvalue weighted by atomic mass is 10.1. The summed E-state index contributed by atoms with van der Waals surface area (Å²) in [7, 11) is 3.41. The Morgan fingerprint density at radius 3 is 2.40 bits per heavy atom. The van der Waals surface area contributed by atoms with E-state index in [0.717, 1.165) is 18.5 Å². The number of anilines is 3. The van der Waals surface area contributed by atoms with Crippen LogP contribution in [-0.4, -0.2) is 24.1 Å². The van der Waals surface area contributed by atoms with Crippen molar-refractivity contribution in [3.8, 4) is 5.75 Å². The van der Waals surface area contributed by atoms with E-state index in [4.69, 9.17) is 4.74 Å². The van der Waals surface area contributed by atoms with Crippen molar-refractivity contribution in [1.82, 2.24) is 9.97 Å². The van der Waals surface area contributed by atoms with E-state index in [9.17, 15) is 0 Å². The van der Waals surface area contributed by atoms with E-state index in [1.165, 1.54) is 11.9 Å². The zero-order valence-corrected chi connectivity index (χ0v) is 12.1. The molecule has 1 aromatic carbocycles. The third-order valence-corrected chi connectivity index (χ3v) is 3.00. The van der Waals surface area contributed by atoms with Gasteiger partial charge in [-0.3, -0.25) is 0 Å². The van der Waals surface area contributed by atoms with Crippen LogP contribution in [0.15, 0.2) is 30.6 Å². The molecule has 0 radical (unpaired) electrons. The molecule has 1 heterocycles. The minimum Gasteiger partial charge on any atom is -0.490 e. The van der Waals surface area contributed by atoms with Crippen molar-refractivity contribution in [2.24, 2.45) is 0 Å². The number of methoxy groups -OCH3 is 1. The lowest BCUT2D eigenvalue weighted by molar-refractivity contribution is 0.415. The number of nitrogens with one attached hydrogen (secondary N) is 2. The summed E-state index contributed by atoms with van der Waals surface area (Å²) >= 11 is 0. The molecular weight excluding hydrogens is 252 g/mol. The molecule has 0 atom stereocenters. The number of rotatable bonds is 6. The summed E-state index contributed by atoms with van der Waals surface area (Å²) < 4.78 is 5.35. The van der Waals surface area contributed by atoms with Crippen molar-refractivity contribution < 1.29 is 4.74 Å². The van der Waals surface area contributed by atoms with Gasteiger partial charge in [0.15, 0.2) is 11.6 Å². The van der Waals surface area contributed by atoms with Crippen LogP contribution in [0.3, 0.4) is 0 Å². The number of benzene rings is 1. The highest BCUT2D eigenvalue weighted by molar-refractivity contribution is 5.69. The molecule has 0 bridgehead atoms. The van der Waals surface area contributed by atoms with Gasteiger partial charge in [0.2, 0.25) is 5.75 Å². The predicted octanol–water partition coefficient (Wildman–Crippen LogP) is 3.22. The molecule has 2 N–H and O–H groups in total. The SMILES string of the molecule is CCCc1ccc(Nc2ncnc(NC)c2OC)cc1. The average molecular weight is 272 g/mol. The molecule has 0 saturated carbocycles. The first-order valence-corrected chi connectivity index (χ1v) is 6.71. The van der Waals surface area contributed by atoms with E-state index in [0.29, 0.717) is 17.4 Å². The van der Waals surface area contributed by atoms with Gasteiger partial charge < -0.3 is 15.4 Å². The fourth-order valence-corrected chi connectivity index (χ4v) is 2.01. The zero-order chi connectivity index (χ0) is 14.4. The van der Waals surface area contributed by atoms with Crippen LogP contribution in [-0.2, 0) is 6.42 Å². The second kappa shape index (κ2) is 6.75. The highest BCUT2D eigenvalue weighted by Crippen LogP contribution is 2.30. The Bertz CT molecular complexity index is 554. The molecule has 1 aromatic heterocycles. The zero-order valence-electron chi connectivity index (χ0n) is 12.1. The maximum atomic E-state index is 5.35. The largest absolute Gasteiger partial charge is 0.490 e. The van der Waals surface area contributed by atoms with Crippen LogP contribution in [0.1, 0.15) is 18.9 Å². The number of nitrogens with zero attached hydrogens (tertiary/aromatic N) is 2. The Morgan fingerprint density at radius 2 is 1.80 bits per heavy atom. The number of hydrogen-bond donors (Lipinski definition) is 2. The molecule has 0 fully saturated rings. The lowest BCUT2D eigenvalue weighted by Gasteiger charge is -2.12. The molecule has 0 saturated heterocycles. The highest BCUT2D eigenvalue weighted by atomic mass is 16.5. The Hall–Kier alpha value is -2.30. The molecule has 20 heavy (non-hydrogen) atoms. The molecule has 0 aliphatic rings. The van der Waals surface area contributed by atoms with Crippen molar-refractivity contribution in [3.05, 3.63) is 36.2 Å². The second-order valence-corrected chi connectivity index (χ2v) is 4.43. The van der Waals surface area contributed by atoms with Crippen LogP contribution >= 0.6 is 0 Å². The fourth-order valence-electron chi connectivity index (χ4n) is 2.01. The standard InChI is InChI=1S/C15H20N4O/c1-4-5-11-6-8-12(9-7-11)19-15-13(20-3)14(16-2)17-10-18-15/h6-10H,4-5H2,1-3H3,(H2,16,17,18,19). The Morgan fingerprint density at radius 1 is 1.10 bits per heavy atom. The first-order chi connectivity index (χ1) is 9.78. The maximum Gasteiger partial charge on any atom is 0.204 e. The molecule has 0 aliphatic carbocycles. The van der Waals surface area contributed by atoms with E-state index >= 15 is 0 Å². The summed E-state index contributed by atoms with van der Waals surface area (Å²) in [5, 5.41) is 6.23. The molecular formula is C15H20N4O. The van der Waals surface area contributed by atoms with Crippen LogP contribution in [0.2, 0.25) is 0 Å². The number of hydrogen-bond acceptors (Lipinski definition) is 5. The van der Waals surface area contributed by atoms with Crippen molar-refractivity contribution in [3.63, 3.8) is 0 Å². The van der Waals surface area contributed by atoms with E-state index in [2.05, 4.69) is 39.7 Å². The molecule has 0 unspecified atom stereocenters. The average Bonchev–Trinajstić information content (AvgIpc) is 2.49. The van der Waals surface area contributed by atoms with Crippen LogP contribution in [0.25, 0.3) is 0 Å². The van der Waals surface area contributed by atoms with Gasteiger partial charge >= 0.3 is 0 Å². The number of aromatic nitrogens is 2. The van der Waals surface area contributed by atoms with Gasteiger partial charge in [0, 0.05) is 12.7 Å². The maximum absolute atomic E-state index is 5.35. The summed E-state index contributed by atoms with van der Waals surface area (Å²) in [4.78, 5) is 8.35. The highest BCUT2D eigenvalue weighted by Gasteiger charge is 2.10. The fraction of sp³-hybridized carbons (Fsp3) is 0.333.